The average Bonchev–Trinajstić information content (AvgIpc) is 3.53. The number of ether oxygens (including phenoxy) is 4. The van der Waals surface area contributed by atoms with Crippen LogP contribution in [0.25, 0.3) is 0 Å². The Balaban J connectivity index is 0.807. The number of rotatable bonds is 5. The van der Waals surface area contributed by atoms with Crippen LogP contribution in [0.15, 0.2) is 29.0 Å². The predicted molar refractivity (Wildman–Crippen MR) is 212 cm³/mol. The van der Waals surface area contributed by atoms with Crippen LogP contribution >= 0.6 is 0 Å². The van der Waals surface area contributed by atoms with Crippen molar-refractivity contribution in [3.05, 3.63) is 24.0 Å². The molecule has 10 rings (SSSR count). The highest BCUT2D eigenvalue weighted by Gasteiger charge is 2.66. The number of aliphatic hydroxyl groups excluding tert-OH is 1. The number of Topliss-reactive ketones (excluding diaryl/α,β-unsaturated/α-hetero) is 1. The SMILES string of the molecule is CC1CC(=O)C2C(CC3OC(C)(C)[C@@H]4OC(=O)[C@]5(CCCC[C@@H]4C3C2O)O[C@@H]5CCC2CC(N)NC3C2CCCC2C(N)NC(CN4C=C5C=CN=C5C4)CC23)O1. The molecule has 1 spiro atoms. The molecule has 314 valence electrons. The monoisotopic (exact) mass is 790 g/mol. The number of nitrogens with two attached hydrogens (primary N) is 2. The lowest BCUT2D eigenvalue weighted by Gasteiger charge is -2.57. The number of ketones is 1. The van der Waals surface area contributed by atoms with Gasteiger partial charge in [-0.1, -0.05) is 12.8 Å². The smallest absolute Gasteiger partial charge is 0.341 e. The molecule has 0 aromatic rings. The summed E-state index contributed by atoms with van der Waals surface area (Å²) in [6.45, 7) is 7.70. The van der Waals surface area contributed by atoms with Gasteiger partial charge in [-0.25, -0.2) is 4.79 Å². The number of nitrogens with zero attached hydrogens (tertiary/aromatic N) is 2. The maximum absolute atomic E-state index is 14.4. The number of fused-ring (bicyclic) bond motifs is 8. The van der Waals surface area contributed by atoms with Gasteiger partial charge in [0.15, 0.2) is 5.60 Å². The lowest BCUT2D eigenvalue weighted by molar-refractivity contribution is -0.278. The first-order valence-corrected chi connectivity index (χ1v) is 22.5. The lowest BCUT2D eigenvalue weighted by atomic mass is 9.62. The van der Waals surface area contributed by atoms with Crippen LogP contribution in [0.3, 0.4) is 0 Å². The van der Waals surface area contributed by atoms with E-state index in [2.05, 4.69) is 32.8 Å². The van der Waals surface area contributed by atoms with Crippen molar-refractivity contribution < 1.29 is 33.6 Å². The Morgan fingerprint density at radius 1 is 0.965 bits per heavy atom. The van der Waals surface area contributed by atoms with Crippen molar-refractivity contribution in [2.24, 2.45) is 57.9 Å². The molecule has 0 bridgehead atoms. The number of aliphatic hydroxyl groups is 1. The predicted octanol–water partition coefficient (Wildman–Crippen LogP) is 3.04. The molecule has 6 saturated heterocycles. The number of allylic oxidation sites excluding steroid dienone is 1. The highest BCUT2D eigenvalue weighted by atomic mass is 16.7. The zero-order valence-electron chi connectivity index (χ0n) is 34.1. The largest absolute Gasteiger partial charge is 0.457 e. The molecule has 0 aromatic heterocycles. The minimum absolute atomic E-state index is 0.0390. The molecule has 8 heterocycles. The van der Waals surface area contributed by atoms with Gasteiger partial charge in [-0.3, -0.25) is 20.4 Å². The van der Waals surface area contributed by atoms with Crippen LogP contribution in [0.4, 0.5) is 0 Å². The van der Waals surface area contributed by atoms with Gasteiger partial charge in [-0.05, 0) is 108 Å². The molecular weight excluding hydrogens is 725 g/mol. The standard InChI is InChI=1S/C44H66N6O7/c1-22-15-31(51)37-32(54-22)18-33-36(39(37)52)28-7-4-5-13-44(42(53)55-40(28)43(2,3)56-33)34(57-44)11-10-23-16-35(45)49-38-26(23)8-6-9-27-29(38)17-25(48-41(27)46)20-50-19-24-12-14-47-30(24)21-50/h12,14,19,22-23,25-29,32-41,48-49,52H,4-11,13,15-18,20-21,45-46H2,1-3H3/t22?,23?,25?,26?,27?,28-,29?,32?,33?,34-,35?,36?,37?,38?,39?,40-,41?,44-/m1/s1. The van der Waals surface area contributed by atoms with Gasteiger partial charge in [0.05, 0.1) is 61.0 Å². The topological polar surface area (TPSA) is 186 Å². The van der Waals surface area contributed by atoms with Gasteiger partial charge < -0.3 is 40.4 Å². The normalized spacial score (nSPS) is 50.0. The summed E-state index contributed by atoms with van der Waals surface area (Å²) in [6, 6.07) is 0.608. The van der Waals surface area contributed by atoms with Crippen molar-refractivity contribution in [2.75, 3.05) is 13.1 Å². The molecular formula is C44H66N6O7. The van der Waals surface area contributed by atoms with Gasteiger partial charge in [-0.2, -0.15) is 0 Å². The van der Waals surface area contributed by atoms with E-state index in [1.54, 1.807) is 0 Å². The van der Waals surface area contributed by atoms with Crippen LogP contribution < -0.4 is 22.1 Å². The lowest BCUT2D eigenvalue weighted by Crippen LogP contribution is -2.66. The summed E-state index contributed by atoms with van der Waals surface area (Å²) in [5.74, 6) is 0.594. The van der Waals surface area contributed by atoms with Gasteiger partial charge in [0.1, 0.15) is 17.5 Å². The Labute approximate surface area is 337 Å². The van der Waals surface area contributed by atoms with E-state index >= 15 is 0 Å². The Morgan fingerprint density at radius 3 is 2.63 bits per heavy atom. The van der Waals surface area contributed by atoms with Crippen LogP contribution in [0.5, 0.6) is 0 Å². The molecule has 13 nitrogen and oxygen atoms in total. The second-order valence-corrected chi connectivity index (χ2v) is 20.3. The number of carbonyl (C=O) groups excluding carboxylic acids is 2. The van der Waals surface area contributed by atoms with E-state index in [0.717, 1.165) is 83.0 Å². The quantitative estimate of drug-likeness (QED) is 0.203. The van der Waals surface area contributed by atoms with Gasteiger partial charge in [0, 0.05) is 61.3 Å². The first-order valence-electron chi connectivity index (χ1n) is 22.5. The average molecular weight is 791 g/mol. The molecule has 57 heavy (non-hydrogen) atoms. The Kier molecular flexibility index (Phi) is 10.1. The highest BCUT2D eigenvalue weighted by molar-refractivity contribution is 6.07. The first kappa shape index (κ1) is 38.9. The van der Waals surface area contributed by atoms with E-state index in [-0.39, 0.29) is 60.3 Å². The summed E-state index contributed by atoms with van der Waals surface area (Å²) in [7, 11) is 0. The molecule has 18 atom stereocenters. The summed E-state index contributed by atoms with van der Waals surface area (Å²) in [5.41, 5.74) is 14.4. The van der Waals surface area contributed by atoms with Gasteiger partial charge in [0.25, 0.3) is 0 Å². The van der Waals surface area contributed by atoms with E-state index in [0.29, 0.717) is 55.0 Å². The minimum atomic E-state index is -0.940. The highest BCUT2D eigenvalue weighted by Crippen LogP contribution is 2.54. The molecule has 0 radical (unpaired) electrons. The van der Waals surface area contributed by atoms with Gasteiger partial charge in [0.2, 0.25) is 0 Å². The zero-order chi connectivity index (χ0) is 39.4. The summed E-state index contributed by atoms with van der Waals surface area (Å²) in [6.07, 6.45) is 15.0. The molecule has 7 N–H and O–H groups in total. The van der Waals surface area contributed by atoms with Crippen molar-refractivity contribution in [1.29, 1.82) is 0 Å². The van der Waals surface area contributed by atoms with Gasteiger partial charge >= 0.3 is 5.97 Å². The van der Waals surface area contributed by atoms with Crippen LogP contribution in [-0.2, 0) is 28.5 Å². The number of esters is 1. The molecule has 10 aliphatic rings. The molecule has 0 amide bonds. The number of aliphatic imine (C=N–C) groups is 1. The molecule has 2 saturated carbocycles. The molecule has 8 aliphatic heterocycles. The number of nitrogens with one attached hydrogen (secondary N) is 2. The summed E-state index contributed by atoms with van der Waals surface area (Å²) in [4.78, 5) is 34.5. The van der Waals surface area contributed by atoms with Crippen molar-refractivity contribution >= 4 is 17.5 Å². The molecule has 8 fully saturated rings. The number of piperidine rings is 2. The third-order valence-electron chi connectivity index (χ3n) is 16.4. The van der Waals surface area contributed by atoms with Crippen molar-refractivity contribution in [3.63, 3.8) is 0 Å². The number of hydrogen-bond donors (Lipinski definition) is 5. The van der Waals surface area contributed by atoms with E-state index in [4.69, 9.17) is 30.4 Å². The number of hydrogen-bond acceptors (Lipinski definition) is 13. The van der Waals surface area contributed by atoms with Crippen molar-refractivity contribution in [2.45, 2.75) is 176 Å². The van der Waals surface area contributed by atoms with E-state index in [9.17, 15) is 14.7 Å². The first-order chi connectivity index (χ1) is 27.4. The van der Waals surface area contributed by atoms with Crippen LogP contribution in [0.1, 0.15) is 104 Å². The fourth-order valence-corrected chi connectivity index (χ4v) is 13.9. The fourth-order valence-electron chi connectivity index (χ4n) is 13.9. The number of epoxide rings is 1. The van der Waals surface area contributed by atoms with E-state index in [1.807, 2.05) is 27.0 Å². The third kappa shape index (κ3) is 6.88. The maximum Gasteiger partial charge on any atom is 0.341 e. The Morgan fingerprint density at radius 2 is 1.79 bits per heavy atom. The van der Waals surface area contributed by atoms with Crippen molar-refractivity contribution in [3.8, 4) is 0 Å². The molecule has 2 aliphatic carbocycles. The van der Waals surface area contributed by atoms with E-state index in [1.165, 1.54) is 5.57 Å². The molecule has 13 heteroatoms. The second kappa shape index (κ2) is 14.7. The maximum atomic E-state index is 14.4. The summed E-state index contributed by atoms with van der Waals surface area (Å²) in [5, 5.41) is 19.5. The Bertz CT molecular complexity index is 1690. The number of carbonyl (C=O) groups is 2. The summed E-state index contributed by atoms with van der Waals surface area (Å²) < 4.78 is 26.0. The summed E-state index contributed by atoms with van der Waals surface area (Å²) >= 11 is 0. The van der Waals surface area contributed by atoms with Crippen molar-refractivity contribution in [1.82, 2.24) is 15.5 Å². The van der Waals surface area contributed by atoms with Crippen LogP contribution in [0, 0.1) is 41.4 Å². The fraction of sp³-hybridized carbons (Fsp3) is 0.841. The minimum Gasteiger partial charge on any atom is -0.457 e. The third-order valence-corrected chi connectivity index (χ3v) is 16.4. The van der Waals surface area contributed by atoms with E-state index < -0.39 is 29.3 Å². The molecule has 0 aromatic carbocycles. The van der Waals surface area contributed by atoms with Gasteiger partial charge in [-0.15, -0.1) is 0 Å². The second-order valence-electron chi connectivity index (χ2n) is 20.3. The zero-order valence-corrected chi connectivity index (χ0v) is 34.1. The van der Waals surface area contributed by atoms with Crippen LogP contribution in [0.2, 0.25) is 0 Å². The molecule has 14 unspecified atom stereocenters. The Hall–Kier alpha value is -2.23. The van der Waals surface area contributed by atoms with Crippen LogP contribution in [-0.4, -0.2) is 113 Å².